The third kappa shape index (κ3) is 5.27. The molecule has 1 amide bonds. The zero-order valence-electron chi connectivity index (χ0n) is 14.9. The lowest BCUT2D eigenvalue weighted by molar-refractivity contribution is -0.385. The minimum atomic E-state index is -0.538. The van der Waals surface area contributed by atoms with Gasteiger partial charge >= 0.3 is 5.69 Å². The zero-order valence-corrected chi connectivity index (χ0v) is 14.9. The van der Waals surface area contributed by atoms with Gasteiger partial charge in [0.1, 0.15) is 0 Å². The summed E-state index contributed by atoms with van der Waals surface area (Å²) in [7, 11) is 0. The summed E-state index contributed by atoms with van der Waals surface area (Å²) < 4.78 is 5.27. The molecule has 1 N–H and O–H groups in total. The predicted octanol–water partition coefficient (Wildman–Crippen LogP) is 3.54. The number of nitrogens with one attached hydrogen (secondary N) is 1. The van der Waals surface area contributed by atoms with E-state index >= 15 is 0 Å². The van der Waals surface area contributed by atoms with E-state index in [2.05, 4.69) is 31.3 Å². The number of ether oxygens (including phenoxy) is 1. The Labute approximate surface area is 147 Å². The second-order valence-electron chi connectivity index (χ2n) is 6.89. The van der Waals surface area contributed by atoms with Crippen LogP contribution in [0.5, 0.6) is 5.75 Å². The minimum Gasteiger partial charge on any atom is -0.477 e. The van der Waals surface area contributed by atoms with Crippen molar-refractivity contribution in [3.05, 3.63) is 34.4 Å². The lowest BCUT2D eigenvalue weighted by Crippen LogP contribution is -2.32. The fourth-order valence-corrected chi connectivity index (χ4v) is 3.13. The van der Waals surface area contributed by atoms with Gasteiger partial charge in [0.05, 0.1) is 4.92 Å². The van der Waals surface area contributed by atoms with Gasteiger partial charge in [-0.25, -0.2) is 5.43 Å². The summed E-state index contributed by atoms with van der Waals surface area (Å²) in [6.45, 7) is 6.19. The number of amides is 1. The Kier molecular flexibility index (Phi) is 6.50. The highest BCUT2D eigenvalue weighted by molar-refractivity contribution is 5.89. The van der Waals surface area contributed by atoms with Crippen molar-refractivity contribution in [2.24, 2.45) is 22.9 Å². The summed E-state index contributed by atoms with van der Waals surface area (Å²) in [5.74, 6) is 1.07. The van der Waals surface area contributed by atoms with Gasteiger partial charge in [0, 0.05) is 17.7 Å². The topological polar surface area (TPSA) is 93.8 Å². The number of benzene rings is 1. The van der Waals surface area contributed by atoms with Crippen LogP contribution in [0.25, 0.3) is 0 Å². The van der Waals surface area contributed by atoms with Crippen molar-refractivity contribution in [1.82, 2.24) is 5.43 Å². The maximum Gasteiger partial charge on any atom is 0.310 e. The number of rotatable bonds is 6. The van der Waals surface area contributed by atoms with E-state index in [9.17, 15) is 14.9 Å². The summed E-state index contributed by atoms with van der Waals surface area (Å²) in [6, 6.07) is 5.98. The molecule has 136 valence electrons. The van der Waals surface area contributed by atoms with Gasteiger partial charge < -0.3 is 4.74 Å². The summed E-state index contributed by atoms with van der Waals surface area (Å²) in [6.07, 6.45) is 3.14. The number of carbonyl (C=O) groups excluding carboxylic acids is 1. The third-order valence-electron chi connectivity index (χ3n) is 4.51. The average molecular weight is 347 g/mol. The SMILES string of the molecule is CC(C)[C@@H]1CC[C@@H](C)C/C1=N/NC(=O)COc1ccccc1[N+](=O)[O-]. The maximum atomic E-state index is 12.0. The molecule has 2 atom stereocenters. The number of hydrazone groups is 1. The number of nitrogens with zero attached hydrogens (tertiary/aromatic N) is 2. The van der Waals surface area contributed by atoms with Crippen molar-refractivity contribution in [2.45, 2.75) is 40.0 Å². The molecule has 7 heteroatoms. The molecule has 0 spiro atoms. The molecule has 1 aromatic carbocycles. The van der Waals surface area contributed by atoms with E-state index < -0.39 is 10.8 Å². The number of nitro groups is 1. The van der Waals surface area contributed by atoms with Gasteiger partial charge in [-0.15, -0.1) is 0 Å². The number of para-hydroxylation sites is 2. The van der Waals surface area contributed by atoms with Crippen LogP contribution in [0.4, 0.5) is 5.69 Å². The monoisotopic (exact) mass is 347 g/mol. The summed E-state index contributed by atoms with van der Waals surface area (Å²) in [5, 5.41) is 15.2. The smallest absolute Gasteiger partial charge is 0.310 e. The van der Waals surface area contributed by atoms with E-state index in [-0.39, 0.29) is 18.0 Å². The van der Waals surface area contributed by atoms with E-state index in [1.165, 1.54) is 18.6 Å². The van der Waals surface area contributed by atoms with Crippen molar-refractivity contribution < 1.29 is 14.5 Å². The first-order valence-electron chi connectivity index (χ1n) is 8.60. The molecule has 1 aromatic rings. The van der Waals surface area contributed by atoms with E-state index in [1.54, 1.807) is 12.1 Å². The Morgan fingerprint density at radius 3 is 2.80 bits per heavy atom. The first-order valence-corrected chi connectivity index (χ1v) is 8.60. The van der Waals surface area contributed by atoms with Gasteiger partial charge in [-0.3, -0.25) is 14.9 Å². The van der Waals surface area contributed by atoms with E-state index in [4.69, 9.17) is 4.74 Å². The molecule has 0 aromatic heterocycles. The van der Waals surface area contributed by atoms with Gasteiger partial charge in [-0.1, -0.05) is 32.9 Å². The summed E-state index contributed by atoms with van der Waals surface area (Å²) >= 11 is 0. The largest absolute Gasteiger partial charge is 0.477 e. The number of hydrogen-bond acceptors (Lipinski definition) is 5. The molecular formula is C18H25N3O4. The molecule has 7 nitrogen and oxygen atoms in total. The van der Waals surface area contributed by atoms with Crippen LogP contribution in [0.2, 0.25) is 0 Å². The summed E-state index contributed by atoms with van der Waals surface area (Å²) in [5.41, 5.74) is 3.39. The Morgan fingerprint density at radius 2 is 2.12 bits per heavy atom. The summed E-state index contributed by atoms with van der Waals surface area (Å²) in [4.78, 5) is 22.4. The van der Waals surface area contributed by atoms with Crippen LogP contribution in [-0.2, 0) is 4.79 Å². The molecule has 0 aliphatic heterocycles. The number of hydrogen-bond donors (Lipinski definition) is 1. The van der Waals surface area contributed by atoms with Crippen molar-refractivity contribution in [3.63, 3.8) is 0 Å². The molecule has 0 heterocycles. The van der Waals surface area contributed by atoms with Crippen LogP contribution in [0.15, 0.2) is 29.4 Å². The van der Waals surface area contributed by atoms with E-state index in [1.807, 2.05) is 0 Å². The highest BCUT2D eigenvalue weighted by Crippen LogP contribution is 2.31. The van der Waals surface area contributed by atoms with Crippen LogP contribution >= 0.6 is 0 Å². The van der Waals surface area contributed by atoms with Crippen LogP contribution < -0.4 is 10.2 Å². The standard InChI is InChI=1S/C18H25N3O4/c1-12(2)14-9-8-13(3)10-15(14)19-20-18(22)11-25-17-7-5-4-6-16(17)21(23)24/h4-7,12-14H,8-11H2,1-3H3,(H,20,22)/b19-15-/t13-,14+/m1/s1. The van der Waals surface area contributed by atoms with E-state index in [0.717, 1.165) is 18.6 Å². The fourth-order valence-electron chi connectivity index (χ4n) is 3.13. The number of nitro benzene ring substituents is 1. The lowest BCUT2D eigenvalue weighted by atomic mass is 9.76. The van der Waals surface area contributed by atoms with Crippen LogP contribution in [0.1, 0.15) is 40.0 Å². The Hall–Kier alpha value is -2.44. The second-order valence-corrected chi connectivity index (χ2v) is 6.89. The predicted molar refractivity (Wildman–Crippen MR) is 95.5 cm³/mol. The van der Waals surface area contributed by atoms with Crippen molar-refractivity contribution in [1.29, 1.82) is 0 Å². The third-order valence-corrected chi connectivity index (χ3v) is 4.51. The normalized spacial score (nSPS) is 22.0. The van der Waals surface area contributed by atoms with E-state index in [0.29, 0.717) is 17.8 Å². The Bertz CT molecular complexity index is 657. The highest BCUT2D eigenvalue weighted by Gasteiger charge is 2.27. The van der Waals surface area contributed by atoms with Gasteiger partial charge in [0.2, 0.25) is 0 Å². The number of carbonyl (C=O) groups is 1. The molecule has 0 saturated heterocycles. The highest BCUT2D eigenvalue weighted by atomic mass is 16.6. The van der Waals surface area contributed by atoms with Gasteiger partial charge in [-0.2, -0.15) is 5.10 Å². The molecule has 1 aliphatic carbocycles. The van der Waals surface area contributed by atoms with Crippen molar-refractivity contribution in [2.75, 3.05) is 6.61 Å². The maximum absolute atomic E-state index is 12.0. The van der Waals surface area contributed by atoms with Gasteiger partial charge in [0.25, 0.3) is 5.91 Å². The molecule has 1 saturated carbocycles. The molecular weight excluding hydrogens is 322 g/mol. The molecule has 0 unspecified atom stereocenters. The molecule has 1 fully saturated rings. The quantitative estimate of drug-likeness (QED) is 0.629. The van der Waals surface area contributed by atoms with Crippen LogP contribution in [0.3, 0.4) is 0 Å². The molecule has 25 heavy (non-hydrogen) atoms. The molecule has 1 aliphatic rings. The van der Waals surface area contributed by atoms with Crippen LogP contribution in [0, 0.1) is 27.9 Å². The second kappa shape index (κ2) is 8.60. The first-order chi connectivity index (χ1) is 11.9. The molecule has 0 bridgehead atoms. The Balaban J connectivity index is 1.95. The van der Waals surface area contributed by atoms with Gasteiger partial charge in [0.15, 0.2) is 12.4 Å². The first kappa shape index (κ1) is 18.9. The zero-order chi connectivity index (χ0) is 18.4. The van der Waals surface area contributed by atoms with Crippen LogP contribution in [-0.4, -0.2) is 23.1 Å². The fraction of sp³-hybridized carbons (Fsp3) is 0.556. The molecule has 0 radical (unpaired) electrons. The Morgan fingerprint density at radius 1 is 1.40 bits per heavy atom. The molecule has 2 rings (SSSR count). The van der Waals surface area contributed by atoms with Gasteiger partial charge in [-0.05, 0) is 37.2 Å². The average Bonchev–Trinajstić information content (AvgIpc) is 2.58. The van der Waals surface area contributed by atoms with Crippen molar-refractivity contribution >= 4 is 17.3 Å². The van der Waals surface area contributed by atoms with Crippen molar-refractivity contribution in [3.8, 4) is 5.75 Å². The minimum absolute atomic E-state index is 0.0710. The lowest BCUT2D eigenvalue weighted by Gasteiger charge is -2.30.